The lowest BCUT2D eigenvalue weighted by atomic mass is 9.95. The minimum absolute atomic E-state index is 0.0517. The topological polar surface area (TPSA) is 53.1 Å². The number of amides is 2. The predicted octanol–water partition coefficient (Wildman–Crippen LogP) is 1.60. The van der Waals surface area contributed by atoms with Crippen molar-refractivity contribution in [2.45, 2.75) is 31.8 Å². The van der Waals surface area contributed by atoms with Crippen LogP contribution in [0.4, 0.5) is 0 Å². The molecule has 1 unspecified atom stereocenters. The second-order valence-corrected chi connectivity index (χ2v) is 7.67. The van der Waals surface area contributed by atoms with E-state index in [4.69, 9.17) is 4.74 Å². The molecule has 1 aromatic carbocycles. The van der Waals surface area contributed by atoms with Crippen LogP contribution < -0.4 is 0 Å². The van der Waals surface area contributed by atoms with E-state index in [0.29, 0.717) is 44.8 Å². The number of morpholine rings is 1. The molecule has 0 radical (unpaired) electrons. The van der Waals surface area contributed by atoms with Crippen LogP contribution in [0.25, 0.3) is 0 Å². The molecule has 2 fully saturated rings. The van der Waals surface area contributed by atoms with Gasteiger partial charge >= 0.3 is 0 Å². The van der Waals surface area contributed by atoms with Crippen molar-refractivity contribution in [3.8, 4) is 0 Å². The molecule has 2 saturated heterocycles. The molecule has 2 amide bonds. The molecule has 2 heterocycles. The second-order valence-electron chi connectivity index (χ2n) is 7.67. The zero-order chi connectivity index (χ0) is 18.7. The molecule has 0 bridgehead atoms. The van der Waals surface area contributed by atoms with E-state index in [1.165, 1.54) is 5.56 Å². The highest BCUT2D eigenvalue weighted by atomic mass is 16.5. The minimum atomic E-state index is -0.753. The van der Waals surface area contributed by atoms with E-state index in [1.807, 2.05) is 50.2 Å². The molecule has 0 N–H and O–H groups in total. The molecule has 0 aromatic heterocycles. The van der Waals surface area contributed by atoms with Crippen LogP contribution in [0, 0.1) is 0 Å². The molecular formula is C20H29N3O3. The Morgan fingerprint density at radius 1 is 1.12 bits per heavy atom. The van der Waals surface area contributed by atoms with Crippen LogP contribution in [-0.4, -0.2) is 79.0 Å². The smallest absolute Gasteiger partial charge is 0.254 e. The standard InChI is InChI=1S/C20H29N3O3/c1-20(19(25)22-11-13-26-14-12-22)9-4-10-23(20)18(24)17-7-5-16(6-8-17)15-21(2)3/h5-8H,4,9-15H2,1-3H3. The van der Waals surface area contributed by atoms with Crippen LogP contribution in [0.3, 0.4) is 0 Å². The molecule has 1 aromatic rings. The maximum atomic E-state index is 13.1. The van der Waals surface area contributed by atoms with E-state index in [-0.39, 0.29) is 11.8 Å². The Hall–Kier alpha value is -1.92. The molecule has 1 atom stereocenters. The number of carbonyl (C=O) groups excluding carboxylic acids is 2. The van der Waals surface area contributed by atoms with Gasteiger partial charge in [0.05, 0.1) is 13.2 Å². The molecule has 6 nitrogen and oxygen atoms in total. The number of carbonyl (C=O) groups is 2. The fourth-order valence-corrected chi connectivity index (χ4v) is 3.89. The summed E-state index contributed by atoms with van der Waals surface area (Å²) in [5.41, 5.74) is 1.06. The summed E-state index contributed by atoms with van der Waals surface area (Å²) in [6, 6.07) is 7.73. The van der Waals surface area contributed by atoms with E-state index in [9.17, 15) is 9.59 Å². The lowest BCUT2D eigenvalue weighted by Crippen LogP contribution is -2.58. The number of nitrogens with zero attached hydrogens (tertiary/aromatic N) is 3. The summed E-state index contributed by atoms with van der Waals surface area (Å²) in [4.78, 5) is 31.9. The molecule has 3 rings (SSSR count). The lowest BCUT2D eigenvalue weighted by molar-refractivity contribution is -0.144. The Labute approximate surface area is 155 Å². The van der Waals surface area contributed by atoms with Gasteiger partial charge < -0.3 is 19.4 Å². The first-order valence-electron chi connectivity index (χ1n) is 9.34. The minimum Gasteiger partial charge on any atom is -0.378 e. The van der Waals surface area contributed by atoms with Crippen molar-refractivity contribution in [2.75, 3.05) is 46.9 Å². The Kier molecular flexibility index (Phi) is 5.63. The largest absolute Gasteiger partial charge is 0.378 e. The Morgan fingerprint density at radius 3 is 2.38 bits per heavy atom. The average molecular weight is 359 g/mol. The Bertz CT molecular complexity index is 653. The fraction of sp³-hybridized carbons (Fsp3) is 0.600. The van der Waals surface area contributed by atoms with Gasteiger partial charge in [-0.1, -0.05) is 12.1 Å². The third-order valence-corrected chi connectivity index (χ3v) is 5.34. The first-order valence-corrected chi connectivity index (χ1v) is 9.34. The first-order chi connectivity index (χ1) is 12.4. The summed E-state index contributed by atoms with van der Waals surface area (Å²) in [6.07, 6.45) is 1.57. The highest BCUT2D eigenvalue weighted by Crippen LogP contribution is 2.32. The SMILES string of the molecule is CN(C)Cc1ccc(C(=O)N2CCCC2(C)C(=O)N2CCOCC2)cc1. The van der Waals surface area contributed by atoms with Gasteiger partial charge in [0.15, 0.2) is 0 Å². The summed E-state index contributed by atoms with van der Waals surface area (Å²) >= 11 is 0. The van der Waals surface area contributed by atoms with Crippen LogP contribution in [0.1, 0.15) is 35.7 Å². The Morgan fingerprint density at radius 2 is 1.77 bits per heavy atom. The highest BCUT2D eigenvalue weighted by molar-refractivity contribution is 5.99. The van der Waals surface area contributed by atoms with Gasteiger partial charge in [-0.2, -0.15) is 0 Å². The maximum absolute atomic E-state index is 13.1. The molecule has 26 heavy (non-hydrogen) atoms. The molecule has 142 valence electrons. The lowest BCUT2D eigenvalue weighted by Gasteiger charge is -2.39. The number of rotatable bonds is 4. The van der Waals surface area contributed by atoms with Crippen LogP contribution >= 0.6 is 0 Å². The fourth-order valence-electron chi connectivity index (χ4n) is 3.89. The van der Waals surface area contributed by atoms with Gasteiger partial charge in [-0.15, -0.1) is 0 Å². The number of ether oxygens (including phenoxy) is 1. The van der Waals surface area contributed by atoms with Gasteiger partial charge in [0.2, 0.25) is 5.91 Å². The van der Waals surface area contributed by atoms with Crippen LogP contribution in [-0.2, 0) is 16.1 Å². The number of hydrogen-bond donors (Lipinski definition) is 0. The molecular weight excluding hydrogens is 330 g/mol. The van der Waals surface area contributed by atoms with E-state index < -0.39 is 5.54 Å². The summed E-state index contributed by atoms with van der Waals surface area (Å²) in [5, 5.41) is 0. The third-order valence-electron chi connectivity index (χ3n) is 5.34. The summed E-state index contributed by atoms with van der Waals surface area (Å²) in [6.45, 7) is 5.74. The Balaban J connectivity index is 1.76. The van der Waals surface area contributed by atoms with Crippen LogP contribution in [0.15, 0.2) is 24.3 Å². The van der Waals surface area contributed by atoms with Gasteiger partial charge in [0.25, 0.3) is 5.91 Å². The second kappa shape index (κ2) is 7.76. The van der Waals surface area contributed by atoms with Gasteiger partial charge in [0, 0.05) is 31.7 Å². The molecule has 2 aliphatic rings. The molecule has 0 spiro atoms. The van der Waals surface area contributed by atoms with Crippen molar-refractivity contribution >= 4 is 11.8 Å². The molecule has 0 saturated carbocycles. The molecule has 6 heteroatoms. The summed E-state index contributed by atoms with van der Waals surface area (Å²) in [7, 11) is 4.04. The van der Waals surface area contributed by atoms with Gasteiger partial charge in [-0.3, -0.25) is 9.59 Å². The molecule has 2 aliphatic heterocycles. The van der Waals surface area contributed by atoms with Gasteiger partial charge in [-0.05, 0) is 51.6 Å². The van der Waals surface area contributed by atoms with Crippen LogP contribution in [0.5, 0.6) is 0 Å². The maximum Gasteiger partial charge on any atom is 0.254 e. The quantitative estimate of drug-likeness (QED) is 0.819. The van der Waals surface area contributed by atoms with Crippen molar-refractivity contribution in [2.24, 2.45) is 0 Å². The normalized spacial score (nSPS) is 23.5. The van der Waals surface area contributed by atoms with Crippen molar-refractivity contribution in [3.63, 3.8) is 0 Å². The van der Waals surface area contributed by atoms with E-state index in [0.717, 1.165) is 13.0 Å². The predicted molar refractivity (Wildman–Crippen MR) is 99.9 cm³/mol. The van der Waals surface area contributed by atoms with Gasteiger partial charge in [-0.25, -0.2) is 0 Å². The van der Waals surface area contributed by atoms with Crippen molar-refractivity contribution in [3.05, 3.63) is 35.4 Å². The average Bonchev–Trinajstić information content (AvgIpc) is 3.04. The summed E-state index contributed by atoms with van der Waals surface area (Å²) in [5.74, 6) is -0.00103. The zero-order valence-corrected chi connectivity index (χ0v) is 16.0. The van der Waals surface area contributed by atoms with E-state index >= 15 is 0 Å². The van der Waals surface area contributed by atoms with E-state index in [2.05, 4.69) is 4.90 Å². The summed E-state index contributed by atoms with van der Waals surface area (Å²) < 4.78 is 5.35. The van der Waals surface area contributed by atoms with Crippen molar-refractivity contribution < 1.29 is 14.3 Å². The van der Waals surface area contributed by atoms with Crippen molar-refractivity contribution in [1.82, 2.24) is 14.7 Å². The molecule has 0 aliphatic carbocycles. The number of likely N-dealkylation sites (tertiary alicyclic amines) is 1. The zero-order valence-electron chi connectivity index (χ0n) is 16.0. The third kappa shape index (κ3) is 3.76. The number of benzene rings is 1. The van der Waals surface area contributed by atoms with Crippen molar-refractivity contribution in [1.29, 1.82) is 0 Å². The highest BCUT2D eigenvalue weighted by Gasteiger charge is 2.47. The first kappa shape index (κ1) is 18.9. The van der Waals surface area contributed by atoms with E-state index in [1.54, 1.807) is 4.90 Å². The van der Waals surface area contributed by atoms with Crippen LogP contribution in [0.2, 0.25) is 0 Å². The monoisotopic (exact) mass is 359 g/mol. The van der Waals surface area contributed by atoms with Gasteiger partial charge in [0.1, 0.15) is 5.54 Å². The number of hydrogen-bond acceptors (Lipinski definition) is 4.